The fourth-order valence-corrected chi connectivity index (χ4v) is 5.67. The molecule has 0 aliphatic carbocycles. The Morgan fingerprint density at radius 1 is 1.03 bits per heavy atom. The van der Waals surface area contributed by atoms with Gasteiger partial charge in [-0.15, -0.1) is 10.2 Å². The highest BCUT2D eigenvalue weighted by Crippen LogP contribution is 2.43. The molecule has 0 spiro atoms. The molecule has 2 aromatic carbocycles. The highest BCUT2D eigenvalue weighted by Gasteiger charge is 2.48. The van der Waals surface area contributed by atoms with Gasteiger partial charge in [-0.05, 0) is 54.4 Å². The van der Waals surface area contributed by atoms with Gasteiger partial charge in [0.05, 0.1) is 11.6 Å². The number of aromatic nitrogens is 3. The fourth-order valence-electron chi connectivity index (χ4n) is 3.84. The van der Waals surface area contributed by atoms with Crippen molar-refractivity contribution < 1.29 is 19.1 Å². The van der Waals surface area contributed by atoms with Gasteiger partial charge in [0, 0.05) is 23.7 Å². The number of aliphatic hydroxyl groups excluding tert-OH is 1. The minimum atomic E-state index is -0.944. The number of benzene rings is 2. The molecule has 10 heteroatoms. The summed E-state index contributed by atoms with van der Waals surface area (Å²) in [7, 11) is 0. The van der Waals surface area contributed by atoms with Gasteiger partial charge in [0.25, 0.3) is 5.78 Å². The number of Topliss-reactive ketones (excluding diaryl/α,β-unsaturated/α-hetero) is 1. The van der Waals surface area contributed by atoms with Gasteiger partial charge in [-0.2, -0.15) is 0 Å². The van der Waals surface area contributed by atoms with Crippen LogP contribution in [0, 0.1) is 12.7 Å². The van der Waals surface area contributed by atoms with Crippen LogP contribution in [0.15, 0.2) is 83.0 Å². The first kappa shape index (κ1) is 23.8. The molecule has 1 atom stereocenters. The Morgan fingerprint density at radius 2 is 1.72 bits per heavy atom. The van der Waals surface area contributed by atoms with E-state index >= 15 is 0 Å². The Labute approximate surface area is 214 Å². The summed E-state index contributed by atoms with van der Waals surface area (Å²) < 4.78 is 14.1. The van der Waals surface area contributed by atoms with Crippen molar-refractivity contribution in [3.05, 3.63) is 107 Å². The SMILES string of the molecule is Cc1ccc(CSc2nnc(N3C(=O)C(=O)C(=C(O)c4ccc(F)cc4)[C@H]3c3ccncc3)s2)cc1. The molecule has 4 aromatic rings. The minimum absolute atomic E-state index is 0.109. The number of ketones is 1. The minimum Gasteiger partial charge on any atom is -0.507 e. The molecule has 2 aromatic heterocycles. The quantitative estimate of drug-likeness (QED) is 0.122. The van der Waals surface area contributed by atoms with Crippen LogP contribution in [0.2, 0.25) is 0 Å². The van der Waals surface area contributed by atoms with Crippen LogP contribution in [-0.2, 0) is 15.3 Å². The number of anilines is 1. The number of nitrogens with zero attached hydrogens (tertiary/aromatic N) is 4. The Balaban J connectivity index is 1.51. The van der Waals surface area contributed by atoms with E-state index in [-0.39, 0.29) is 16.3 Å². The normalized spacial score (nSPS) is 17.1. The van der Waals surface area contributed by atoms with E-state index < -0.39 is 29.3 Å². The van der Waals surface area contributed by atoms with Crippen LogP contribution in [0.4, 0.5) is 9.52 Å². The second kappa shape index (κ2) is 10.00. The average molecular weight is 519 g/mol. The number of rotatable bonds is 6. The standard InChI is InChI=1S/C26H19FN4O3S2/c1-15-2-4-16(5-3-15)14-35-26-30-29-25(36-26)31-21(17-10-12-28-13-11-17)20(23(33)24(31)34)22(32)18-6-8-19(27)9-7-18/h2-13,21,32H,14H2,1H3/t21-/m1/s1. The number of aliphatic hydroxyl groups is 1. The van der Waals surface area contributed by atoms with Crippen LogP contribution in [0.5, 0.6) is 0 Å². The lowest BCUT2D eigenvalue weighted by molar-refractivity contribution is -0.132. The zero-order valence-electron chi connectivity index (χ0n) is 19.0. The average Bonchev–Trinajstić information content (AvgIpc) is 3.46. The number of carbonyl (C=O) groups is 2. The molecule has 1 aliphatic heterocycles. The first-order valence-corrected chi connectivity index (χ1v) is 12.7. The van der Waals surface area contributed by atoms with E-state index in [0.717, 1.165) is 5.56 Å². The third kappa shape index (κ3) is 4.65. The molecule has 36 heavy (non-hydrogen) atoms. The lowest BCUT2D eigenvalue weighted by Crippen LogP contribution is -2.29. The second-order valence-electron chi connectivity index (χ2n) is 8.08. The number of amides is 1. The summed E-state index contributed by atoms with van der Waals surface area (Å²) in [6.07, 6.45) is 3.08. The molecule has 5 rings (SSSR count). The lowest BCUT2D eigenvalue weighted by Gasteiger charge is -2.22. The van der Waals surface area contributed by atoms with Crippen molar-refractivity contribution >= 4 is 45.7 Å². The third-order valence-electron chi connectivity index (χ3n) is 5.67. The van der Waals surface area contributed by atoms with Gasteiger partial charge < -0.3 is 5.11 Å². The molecular formula is C26H19FN4O3S2. The Bertz CT molecular complexity index is 1450. The maximum atomic E-state index is 13.4. The number of thioether (sulfide) groups is 1. The number of halogens is 1. The second-order valence-corrected chi connectivity index (χ2v) is 10.3. The van der Waals surface area contributed by atoms with E-state index in [1.807, 2.05) is 31.2 Å². The molecule has 1 amide bonds. The molecule has 3 heterocycles. The van der Waals surface area contributed by atoms with E-state index in [4.69, 9.17) is 0 Å². The first-order valence-electron chi connectivity index (χ1n) is 10.9. The van der Waals surface area contributed by atoms with Crippen molar-refractivity contribution in [1.82, 2.24) is 15.2 Å². The maximum Gasteiger partial charge on any atom is 0.301 e. The zero-order valence-corrected chi connectivity index (χ0v) is 20.6. The van der Waals surface area contributed by atoms with E-state index in [1.165, 1.54) is 70.2 Å². The maximum absolute atomic E-state index is 13.4. The van der Waals surface area contributed by atoms with Crippen LogP contribution in [0.25, 0.3) is 5.76 Å². The van der Waals surface area contributed by atoms with Gasteiger partial charge in [0.1, 0.15) is 11.6 Å². The Kier molecular flexibility index (Phi) is 6.62. The van der Waals surface area contributed by atoms with Crippen LogP contribution in [0.3, 0.4) is 0 Å². The largest absolute Gasteiger partial charge is 0.507 e. The predicted molar refractivity (Wildman–Crippen MR) is 136 cm³/mol. The molecule has 0 saturated carbocycles. The fraction of sp³-hybridized carbons (Fsp3) is 0.115. The van der Waals surface area contributed by atoms with Crippen molar-refractivity contribution in [3.8, 4) is 0 Å². The third-order valence-corrected chi connectivity index (χ3v) is 7.80. The molecule has 1 saturated heterocycles. The monoisotopic (exact) mass is 518 g/mol. The molecule has 1 fully saturated rings. The van der Waals surface area contributed by atoms with Gasteiger partial charge in [-0.1, -0.05) is 52.9 Å². The summed E-state index contributed by atoms with van der Waals surface area (Å²) in [5.41, 5.74) is 2.98. The molecule has 180 valence electrons. The number of pyridine rings is 1. The van der Waals surface area contributed by atoms with Crippen LogP contribution < -0.4 is 4.90 Å². The van der Waals surface area contributed by atoms with Gasteiger partial charge in [0.15, 0.2) is 4.34 Å². The van der Waals surface area contributed by atoms with Crippen molar-refractivity contribution in [2.24, 2.45) is 0 Å². The van der Waals surface area contributed by atoms with E-state index in [0.29, 0.717) is 15.7 Å². The molecule has 0 bridgehead atoms. The summed E-state index contributed by atoms with van der Waals surface area (Å²) in [6.45, 7) is 2.03. The summed E-state index contributed by atoms with van der Waals surface area (Å²) in [6, 6.07) is 15.6. The Morgan fingerprint density at radius 3 is 2.42 bits per heavy atom. The molecule has 7 nitrogen and oxygen atoms in total. The van der Waals surface area contributed by atoms with Crippen LogP contribution in [0.1, 0.15) is 28.3 Å². The van der Waals surface area contributed by atoms with Crippen LogP contribution >= 0.6 is 23.1 Å². The molecule has 1 aliphatic rings. The summed E-state index contributed by atoms with van der Waals surface area (Å²) in [5, 5.41) is 19.7. The number of hydrogen-bond acceptors (Lipinski definition) is 8. The predicted octanol–water partition coefficient (Wildman–Crippen LogP) is 5.30. The smallest absolute Gasteiger partial charge is 0.301 e. The Hall–Kier alpha value is -3.89. The topological polar surface area (TPSA) is 96.3 Å². The van der Waals surface area contributed by atoms with Crippen molar-refractivity contribution in [3.63, 3.8) is 0 Å². The summed E-state index contributed by atoms with van der Waals surface area (Å²) in [5.74, 6) is -1.89. The highest BCUT2D eigenvalue weighted by atomic mass is 32.2. The van der Waals surface area contributed by atoms with Gasteiger partial charge in [0.2, 0.25) is 5.13 Å². The van der Waals surface area contributed by atoms with Crippen molar-refractivity contribution in [1.29, 1.82) is 0 Å². The van der Waals surface area contributed by atoms with E-state index in [1.54, 1.807) is 12.1 Å². The number of aryl methyl sites for hydroxylation is 1. The van der Waals surface area contributed by atoms with E-state index in [9.17, 15) is 19.1 Å². The lowest BCUT2D eigenvalue weighted by atomic mass is 9.96. The first-order chi connectivity index (χ1) is 17.4. The summed E-state index contributed by atoms with van der Waals surface area (Å²) in [4.78, 5) is 31.6. The molecule has 1 N–H and O–H groups in total. The number of carbonyl (C=O) groups excluding carboxylic acids is 2. The summed E-state index contributed by atoms with van der Waals surface area (Å²) >= 11 is 2.67. The zero-order chi connectivity index (χ0) is 25.2. The van der Waals surface area contributed by atoms with Crippen molar-refractivity contribution in [2.45, 2.75) is 23.1 Å². The van der Waals surface area contributed by atoms with Crippen LogP contribution in [-0.4, -0.2) is 32.0 Å². The van der Waals surface area contributed by atoms with Gasteiger partial charge in [-0.25, -0.2) is 4.39 Å². The number of hydrogen-bond donors (Lipinski definition) is 1. The molecular weight excluding hydrogens is 499 g/mol. The molecule has 0 unspecified atom stereocenters. The highest BCUT2D eigenvalue weighted by molar-refractivity contribution is 8.00. The van der Waals surface area contributed by atoms with E-state index in [2.05, 4.69) is 15.2 Å². The van der Waals surface area contributed by atoms with Crippen molar-refractivity contribution in [2.75, 3.05) is 4.90 Å². The van der Waals surface area contributed by atoms with Gasteiger partial charge in [-0.3, -0.25) is 19.5 Å². The molecule has 0 radical (unpaired) electrons. The van der Waals surface area contributed by atoms with Gasteiger partial charge >= 0.3 is 5.91 Å².